The van der Waals surface area contributed by atoms with Gasteiger partial charge in [0.2, 0.25) is 11.8 Å². The van der Waals surface area contributed by atoms with Crippen molar-refractivity contribution < 1.29 is 19.1 Å². The Bertz CT molecular complexity index is 2170. The first kappa shape index (κ1) is 40.4. The lowest BCUT2D eigenvalue weighted by atomic mass is 9.85. The number of benzene rings is 3. The Kier molecular flexibility index (Phi) is 12.1. The van der Waals surface area contributed by atoms with Crippen molar-refractivity contribution in [2.45, 2.75) is 84.5 Å². The standard InChI is InChI=1S/C46H56N8O4/c1-7-52(8-2)39(34-14-10-9-11-15-34)43(55)53-26-12-16-37(53)41-47-28-35(49-41)32-22-18-30(19-23-32)31-20-24-33(25-21-31)36-29-48-42(50-36)38-17-13-27-54(38)44(56)40(46(3,4)5)51-45(57)58-6/h9-11,14-15,18-25,28-29,37-40H,7-8,12-13,16-17,26-27H2,1-6H3,(H,47,49)(H,48,50)(H,51,57)/t37-,38-,39+,40+/m0/s1. The number of hydrogen-bond donors (Lipinski definition) is 3. The number of rotatable bonds is 12. The van der Waals surface area contributed by atoms with Gasteiger partial charge in [-0.05, 0) is 72.0 Å². The number of carbonyl (C=O) groups excluding carboxylic acids is 3. The average Bonchev–Trinajstić information content (AvgIpc) is 4.08. The van der Waals surface area contributed by atoms with Gasteiger partial charge in [-0.15, -0.1) is 0 Å². The van der Waals surface area contributed by atoms with E-state index in [-0.39, 0.29) is 29.9 Å². The minimum absolute atomic E-state index is 0.0949. The minimum atomic E-state index is -0.732. The van der Waals surface area contributed by atoms with Crippen LogP contribution in [0.4, 0.5) is 4.79 Å². The molecule has 4 atom stereocenters. The summed E-state index contributed by atoms with van der Waals surface area (Å²) in [4.78, 5) is 62.7. The maximum absolute atomic E-state index is 14.2. The summed E-state index contributed by atoms with van der Waals surface area (Å²) >= 11 is 0. The predicted octanol–water partition coefficient (Wildman–Crippen LogP) is 8.31. The molecule has 3 aromatic carbocycles. The van der Waals surface area contributed by atoms with Gasteiger partial charge in [0.15, 0.2) is 0 Å². The largest absolute Gasteiger partial charge is 0.453 e. The predicted molar refractivity (Wildman–Crippen MR) is 225 cm³/mol. The van der Waals surface area contributed by atoms with E-state index in [1.165, 1.54) is 7.11 Å². The van der Waals surface area contributed by atoms with Gasteiger partial charge in [-0.25, -0.2) is 14.8 Å². The van der Waals surface area contributed by atoms with E-state index in [2.05, 4.69) is 94.7 Å². The second-order valence-corrected chi connectivity index (χ2v) is 16.4. The number of methoxy groups -OCH3 is 1. The SMILES string of the molecule is CCN(CC)[C@@H](C(=O)N1CCC[C@H]1c1ncc(-c2ccc(-c3ccc(-c4cnc([C@@H]5CCCN5C(=O)[C@@H](NC(=O)OC)C(C)(C)C)[nH]4)cc3)cc2)[nH]1)c1ccccc1. The molecule has 0 aliphatic carbocycles. The highest BCUT2D eigenvalue weighted by atomic mass is 16.5. The Morgan fingerprint density at radius 3 is 1.66 bits per heavy atom. The Labute approximate surface area is 341 Å². The lowest BCUT2D eigenvalue weighted by Crippen LogP contribution is -2.54. The average molecular weight is 785 g/mol. The first-order valence-corrected chi connectivity index (χ1v) is 20.6. The molecule has 12 nitrogen and oxygen atoms in total. The Balaban J connectivity index is 1.02. The van der Waals surface area contributed by atoms with E-state index < -0.39 is 17.6 Å². The van der Waals surface area contributed by atoms with Crippen LogP contribution in [0.3, 0.4) is 0 Å². The van der Waals surface area contributed by atoms with E-state index in [0.29, 0.717) is 6.54 Å². The molecule has 7 rings (SSSR count). The van der Waals surface area contributed by atoms with Crippen LogP contribution in [-0.2, 0) is 14.3 Å². The van der Waals surface area contributed by atoms with Gasteiger partial charge >= 0.3 is 6.09 Å². The molecule has 58 heavy (non-hydrogen) atoms. The third-order valence-electron chi connectivity index (χ3n) is 11.7. The summed E-state index contributed by atoms with van der Waals surface area (Å²) in [5.41, 5.74) is 6.51. The number of aromatic amines is 2. The number of hydrogen-bond acceptors (Lipinski definition) is 7. The molecule has 5 aromatic rings. The van der Waals surface area contributed by atoms with Crippen LogP contribution in [0.25, 0.3) is 33.6 Å². The third-order valence-corrected chi connectivity index (χ3v) is 11.7. The smallest absolute Gasteiger partial charge is 0.407 e. The van der Waals surface area contributed by atoms with Gasteiger partial charge in [0.05, 0.1) is 43.0 Å². The number of alkyl carbamates (subject to hydrolysis) is 1. The highest BCUT2D eigenvalue weighted by molar-refractivity contribution is 5.87. The molecule has 12 heteroatoms. The molecule has 0 unspecified atom stereocenters. The van der Waals surface area contributed by atoms with Crippen LogP contribution >= 0.6 is 0 Å². The zero-order valence-electron chi connectivity index (χ0n) is 34.5. The van der Waals surface area contributed by atoms with Crippen LogP contribution in [-0.4, -0.2) is 91.9 Å². The molecule has 0 bridgehead atoms. The lowest BCUT2D eigenvalue weighted by molar-refractivity contribution is -0.138. The molecule has 0 radical (unpaired) electrons. The highest BCUT2D eigenvalue weighted by Crippen LogP contribution is 2.37. The number of nitrogens with zero attached hydrogens (tertiary/aromatic N) is 5. The van der Waals surface area contributed by atoms with Gasteiger partial charge < -0.3 is 29.8 Å². The maximum Gasteiger partial charge on any atom is 0.407 e. The minimum Gasteiger partial charge on any atom is -0.453 e. The van der Waals surface area contributed by atoms with Crippen LogP contribution in [0.15, 0.2) is 91.3 Å². The van der Waals surface area contributed by atoms with Crippen LogP contribution in [0, 0.1) is 5.41 Å². The normalized spacial score (nSPS) is 18.1. The summed E-state index contributed by atoms with van der Waals surface area (Å²) < 4.78 is 4.81. The second kappa shape index (κ2) is 17.4. The van der Waals surface area contributed by atoms with Crippen molar-refractivity contribution in [3.63, 3.8) is 0 Å². The number of amides is 3. The van der Waals surface area contributed by atoms with Crippen molar-refractivity contribution in [3.8, 4) is 33.6 Å². The molecule has 2 saturated heterocycles. The number of likely N-dealkylation sites (tertiary alicyclic amines) is 2. The fourth-order valence-electron chi connectivity index (χ4n) is 8.50. The van der Waals surface area contributed by atoms with Gasteiger partial charge in [0, 0.05) is 13.1 Å². The molecule has 0 spiro atoms. The van der Waals surface area contributed by atoms with Crippen LogP contribution in [0.1, 0.15) is 95.6 Å². The molecule has 4 heterocycles. The summed E-state index contributed by atoms with van der Waals surface area (Å²) in [6.45, 7) is 12.9. The van der Waals surface area contributed by atoms with Crippen LogP contribution < -0.4 is 5.32 Å². The number of carbonyl (C=O) groups is 3. The highest BCUT2D eigenvalue weighted by Gasteiger charge is 2.41. The van der Waals surface area contributed by atoms with Crippen molar-refractivity contribution >= 4 is 17.9 Å². The zero-order chi connectivity index (χ0) is 41.0. The fraction of sp³-hybridized carbons (Fsp3) is 0.413. The fourth-order valence-corrected chi connectivity index (χ4v) is 8.50. The quantitative estimate of drug-likeness (QED) is 0.116. The topological polar surface area (TPSA) is 140 Å². The lowest BCUT2D eigenvalue weighted by Gasteiger charge is -2.35. The molecule has 0 saturated carbocycles. The van der Waals surface area contributed by atoms with E-state index in [1.54, 1.807) is 0 Å². The molecule has 2 aromatic heterocycles. The molecule has 2 aliphatic rings. The third kappa shape index (κ3) is 8.43. The van der Waals surface area contributed by atoms with Crippen LogP contribution in [0.2, 0.25) is 0 Å². The Hall–Kier alpha value is -5.75. The Morgan fingerprint density at radius 2 is 1.21 bits per heavy atom. The van der Waals surface area contributed by atoms with E-state index in [1.807, 2.05) is 61.2 Å². The number of ether oxygens (including phenoxy) is 1. The summed E-state index contributed by atoms with van der Waals surface area (Å²) in [7, 11) is 1.30. The first-order valence-electron chi connectivity index (χ1n) is 20.6. The first-order chi connectivity index (χ1) is 28.0. The molecule has 304 valence electrons. The zero-order valence-corrected chi connectivity index (χ0v) is 34.5. The number of likely N-dealkylation sites (N-methyl/N-ethyl adjacent to an activating group) is 1. The summed E-state index contributed by atoms with van der Waals surface area (Å²) in [6.07, 6.45) is 6.52. The molecule has 3 amide bonds. The summed E-state index contributed by atoms with van der Waals surface area (Å²) in [5.74, 6) is 1.55. The molecule has 2 fully saturated rings. The van der Waals surface area contributed by atoms with Crippen molar-refractivity contribution in [1.82, 2.24) is 40.0 Å². The van der Waals surface area contributed by atoms with Crippen molar-refractivity contribution in [3.05, 3.63) is 108 Å². The Morgan fingerprint density at radius 1 is 0.741 bits per heavy atom. The van der Waals surface area contributed by atoms with Crippen molar-refractivity contribution in [2.24, 2.45) is 5.41 Å². The number of aromatic nitrogens is 4. The van der Waals surface area contributed by atoms with Crippen LogP contribution in [0.5, 0.6) is 0 Å². The second-order valence-electron chi connectivity index (χ2n) is 16.4. The van der Waals surface area contributed by atoms with Gasteiger partial charge in [-0.3, -0.25) is 14.5 Å². The number of imidazole rings is 2. The van der Waals surface area contributed by atoms with E-state index in [4.69, 9.17) is 14.7 Å². The molecular weight excluding hydrogens is 729 g/mol. The van der Waals surface area contributed by atoms with Gasteiger partial charge in [0.1, 0.15) is 23.7 Å². The monoisotopic (exact) mass is 784 g/mol. The summed E-state index contributed by atoms with van der Waals surface area (Å²) in [6, 6.07) is 25.5. The molecule has 2 aliphatic heterocycles. The number of H-pyrrole nitrogens is 2. The van der Waals surface area contributed by atoms with E-state index in [0.717, 1.165) is 96.2 Å². The molecular formula is C46H56N8O4. The van der Waals surface area contributed by atoms with Gasteiger partial charge in [0.25, 0.3) is 0 Å². The summed E-state index contributed by atoms with van der Waals surface area (Å²) in [5, 5.41) is 2.75. The van der Waals surface area contributed by atoms with Crippen molar-refractivity contribution in [2.75, 3.05) is 33.3 Å². The maximum atomic E-state index is 14.2. The van der Waals surface area contributed by atoms with Crippen molar-refractivity contribution in [1.29, 1.82) is 0 Å². The van der Waals surface area contributed by atoms with E-state index in [9.17, 15) is 14.4 Å². The number of nitrogens with one attached hydrogen (secondary N) is 3. The van der Waals surface area contributed by atoms with E-state index >= 15 is 0 Å². The molecule has 3 N–H and O–H groups in total. The van der Waals surface area contributed by atoms with Gasteiger partial charge in [-0.1, -0.05) is 113 Å². The van der Waals surface area contributed by atoms with Gasteiger partial charge in [-0.2, -0.15) is 0 Å².